The molecule has 0 atom stereocenters. The lowest BCUT2D eigenvalue weighted by Gasteiger charge is -2.18. The molecule has 19 nitrogen and oxygen atoms in total. The van der Waals surface area contributed by atoms with Gasteiger partial charge >= 0.3 is 35.3 Å². The lowest BCUT2D eigenvalue weighted by molar-refractivity contribution is -0.140. The van der Waals surface area contributed by atoms with Gasteiger partial charge in [0.2, 0.25) is 0 Å². The average molecular weight is 659 g/mol. The number of carbonyl (C=O) groups excluding carboxylic acids is 5. The van der Waals surface area contributed by atoms with Gasteiger partial charge in [0.15, 0.2) is 0 Å². The summed E-state index contributed by atoms with van der Waals surface area (Å²) in [5.74, 6) is -2.92. The van der Waals surface area contributed by atoms with Crippen molar-refractivity contribution in [2.45, 2.75) is 19.3 Å². The molecule has 47 heavy (non-hydrogen) atoms. The van der Waals surface area contributed by atoms with Gasteiger partial charge < -0.3 is 39.5 Å². The Morgan fingerprint density at radius 3 is 1.47 bits per heavy atom. The fraction of sp³-hybridized carbons (Fsp3) is 0.250. The van der Waals surface area contributed by atoms with Crippen LogP contribution in [0.15, 0.2) is 79.8 Å². The summed E-state index contributed by atoms with van der Waals surface area (Å²) in [5.41, 5.74) is -1.17. The van der Waals surface area contributed by atoms with E-state index in [0.29, 0.717) is 22.9 Å². The maximum Gasteiger partial charge on any atom is 0.331 e. The Hall–Kier alpha value is -6.53. The van der Waals surface area contributed by atoms with E-state index in [9.17, 15) is 43.2 Å². The van der Waals surface area contributed by atoms with Crippen LogP contribution in [0.2, 0.25) is 0 Å². The maximum absolute atomic E-state index is 11.6. The third-order valence-corrected chi connectivity index (χ3v) is 5.28. The maximum atomic E-state index is 11.6. The lowest BCUT2D eigenvalue weighted by Crippen LogP contribution is -2.35. The molecule has 3 heterocycles. The van der Waals surface area contributed by atoms with Crippen LogP contribution in [0.3, 0.4) is 0 Å². The first kappa shape index (κ1) is 36.7. The van der Waals surface area contributed by atoms with Crippen molar-refractivity contribution in [1.82, 2.24) is 30.6 Å². The fourth-order valence-electron chi connectivity index (χ4n) is 3.32. The molecule has 0 spiro atoms. The van der Waals surface area contributed by atoms with E-state index in [0.717, 1.165) is 24.3 Å². The predicted molar refractivity (Wildman–Crippen MR) is 159 cm³/mol. The van der Waals surface area contributed by atoms with Gasteiger partial charge in [-0.05, 0) is 0 Å². The quantitative estimate of drug-likeness (QED) is 0.0743. The Balaban J connectivity index is 0.000000353. The number of aromatic amines is 4. The number of ether oxygens (including phenoxy) is 4. The molecule has 2 aromatic heterocycles. The van der Waals surface area contributed by atoms with Crippen molar-refractivity contribution < 1.29 is 42.9 Å². The molecular formula is C28H30N6O13. The molecule has 0 unspecified atom stereocenters. The standard InChI is InChI=1S/C17H18N4O7.C11H12N2O6/c1-10-18-11(8-13(22)19-10)4-6-27-15(24)2-3-16(25)28-7-5-12-9-14(23)21-17(26)20-12;1-18-9(15)2-3-10(16)19-5-4-7-6-8(14)13-11(17)12-7/h2-3,8-9,18H,1,4-7H2,(H,19,22)(H2,20,21,23,26);2-3,6H,4-5H2,1H3,(H2,12,13,14,17)/b2*3-2+. The van der Waals surface area contributed by atoms with E-state index < -0.39 is 46.4 Å². The number of nitrogens with one attached hydrogen (secondary N) is 6. The molecule has 0 aromatic carbocycles. The summed E-state index contributed by atoms with van der Waals surface area (Å²) in [6.45, 7) is 3.43. The van der Waals surface area contributed by atoms with Crippen molar-refractivity contribution in [1.29, 1.82) is 0 Å². The average Bonchev–Trinajstić information content (AvgIpc) is 2.98. The molecule has 1 aliphatic rings. The summed E-state index contributed by atoms with van der Waals surface area (Å²) in [4.78, 5) is 109. The lowest BCUT2D eigenvalue weighted by atomic mass is 10.2. The second-order valence-corrected chi connectivity index (χ2v) is 8.93. The topological polar surface area (TPSA) is 278 Å². The Kier molecular flexibility index (Phi) is 14.8. The third-order valence-electron chi connectivity index (χ3n) is 5.28. The first-order chi connectivity index (χ1) is 22.3. The van der Waals surface area contributed by atoms with Crippen LogP contribution >= 0.6 is 0 Å². The van der Waals surface area contributed by atoms with Gasteiger partial charge in [0.25, 0.3) is 17.0 Å². The number of aromatic nitrogens is 4. The van der Waals surface area contributed by atoms with Crippen molar-refractivity contribution >= 4 is 29.8 Å². The van der Waals surface area contributed by atoms with Crippen LogP contribution in [-0.2, 0) is 55.8 Å². The minimum absolute atomic E-state index is 0.00642. The zero-order valence-electron chi connectivity index (χ0n) is 24.8. The van der Waals surface area contributed by atoms with Gasteiger partial charge in [-0.1, -0.05) is 6.58 Å². The fourth-order valence-corrected chi connectivity index (χ4v) is 3.32. The Bertz CT molecular complexity index is 1750. The molecule has 0 fully saturated rings. The first-order valence-corrected chi connectivity index (χ1v) is 13.4. The highest BCUT2D eigenvalue weighted by molar-refractivity contribution is 5.92. The molecule has 19 heteroatoms. The molecule has 1 amide bonds. The number of carbonyl (C=O) groups is 5. The Morgan fingerprint density at radius 1 is 0.638 bits per heavy atom. The van der Waals surface area contributed by atoms with Gasteiger partial charge in [0.1, 0.15) is 5.82 Å². The molecule has 0 bridgehead atoms. The minimum atomic E-state index is -0.784. The van der Waals surface area contributed by atoms with E-state index in [1.165, 1.54) is 25.3 Å². The molecule has 2 aromatic rings. The summed E-state index contributed by atoms with van der Waals surface area (Å²) >= 11 is 0. The second kappa shape index (κ2) is 19.0. The number of esters is 4. The summed E-state index contributed by atoms with van der Waals surface area (Å²) < 4.78 is 18.8. The third kappa shape index (κ3) is 15.7. The van der Waals surface area contributed by atoms with Crippen LogP contribution in [0.1, 0.15) is 17.8 Å². The van der Waals surface area contributed by atoms with Gasteiger partial charge in [-0.2, -0.15) is 0 Å². The van der Waals surface area contributed by atoms with E-state index in [1.54, 1.807) is 0 Å². The molecule has 0 saturated heterocycles. The molecular weight excluding hydrogens is 628 g/mol. The van der Waals surface area contributed by atoms with E-state index >= 15 is 0 Å². The first-order valence-electron chi connectivity index (χ1n) is 13.4. The Labute approximate surface area is 263 Å². The van der Waals surface area contributed by atoms with Crippen molar-refractivity contribution in [2.24, 2.45) is 0 Å². The van der Waals surface area contributed by atoms with Crippen LogP contribution in [-0.4, -0.2) is 76.7 Å². The van der Waals surface area contributed by atoms with E-state index in [4.69, 9.17) is 14.2 Å². The molecule has 0 aliphatic carbocycles. The molecule has 0 saturated carbocycles. The summed E-state index contributed by atoms with van der Waals surface area (Å²) in [6.07, 6.45) is 5.56. The summed E-state index contributed by atoms with van der Waals surface area (Å²) in [7, 11) is 1.18. The van der Waals surface area contributed by atoms with Crippen molar-refractivity contribution in [2.75, 3.05) is 26.9 Å². The van der Waals surface area contributed by atoms with Crippen LogP contribution in [0.25, 0.3) is 0 Å². The van der Waals surface area contributed by atoms with Crippen LogP contribution < -0.4 is 33.1 Å². The van der Waals surface area contributed by atoms with E-state index in [-0.39, 0.29) is 45.0 Å². The number of amides is 1. The smallest absolute Gasteiger partial charge is 0.331 e. The summed E-state index contributed by atoms with van der Waals surface area (Å²) in [5, 5.41) is 5.27. The molecule has 0 radical (unpaired) electrons. The summed E-state index contributed by atoms with van der Waals surface area (Å²) in [6, 6.07) is 2.37. The highest BCUT2D eigenvalue weighted by Gasteiger charge is 2.11. The van der Waals surface area contributed by atoms with Gasteiger partial charge in [-0.15, -0.1) is 0 Å². The number of hydrogen-bond acceptors (Lipinski definition) is 14. The van der Waals surface area contributed by atoms with Gasteiger partial charge in [-0.3, -0.25) is 24.4 Å². The van der Waals surface area contributed by atoms with Crippen LogP contribution in [0.5, 0.6) is 0 Å². The predicted octanol–water partition coefficient (Wildman–Crippen LogP) is -2.41. The molecule has 3 rings (SSSR count). The van der Waals surface area contributed by atoms with E-state index in [1.807, 2.05) is 9.97 Å². The minimum Gasteiger partial charge on any atom is -0.466 e. The van der Waals surface area contributed by atoms with Crippen molar-refractivity contribution in [3.63, 3.8) is 0 Å². The Morgan fingerprint density at radius 2 is 1.06 bits per heavy atom. The number of methoxy groups -OCH3 is 1. The number of H-pyrrole nitrogens is 4. The highest BCUT2D eigenvalue weighted by atomic mass is 16.5. The number of rotatable bonds is 13. The van der Waals surface area contributed by atoms with Gasteiger partial charge in [-0.25, -0.2) is 28.8 Å². The molecule has 6 N–H and O–H groups in total. The SMILES string of the molecule is C=C1NC(=O)C=C(CCOC(=O)/C=C/C(=O)OCCc2cc(=O)[nH]c(=O)[nH]2)N1.COC(=O)/C=C/C(=O)OCCc1cc(=O)[nH]c(=O)[nH]1. The largest absolute Gasteiger partial charge is 0.466 e. The molecule has 250 valence electrons. The van der Waals surface area contributed by atoms with Gasteiger partial charge in [0.05, 0.1) is 26.9 Å². The van der Waals surface area contributed by atoms with E-state index in [2.05, 4.69) is 31.9 Å². The number of hydrogen-bond donors (Lipinski definition) is 6. The molecule has 1 aliphatic heterocycles. The van der Waals surface area contributed by atoms with Crippen molar-refractivity contribution in [3.05, 3.63) is 114 Å². The normalized spacial score (nSPS) is 12.2. The monoisotopic (exact) mass is 658 g/mol. The highest BCUT2D eigenvalue weighted by Crippen LogP contribution is 2.04. The van der Waals surface area contributed by atoms with Gasteiger partial charge in [0, 0.05) is 78.9 Å². The zero-order chi connectivity index (χ0) is 34.8. The zero-order valence-corrected chi connectivity index (χ0v) is 24.8. The second-order valence-electron chi connectivity index (χ2n) is 8.93. The van der Waals surface area contributed by atoms with Crippen LogP contribution in [0.4, 0.5) is 0 Å². The van der Waals surface area contributed by atoms with Crippen molar-refractivity contribution in [3.8, 4) is 0 Å². The van der Waals surface area contributed by atoms with Crippen LogP contribution in [0, 0.1) is 0 Å².